The van der Waals surface area contributed by atoms with Crippen LogP contribution in [0.1, 0.15) is 41.8 Å². The van der Waals surface area contributed by atoms with Gasteiger partial charge in [-0.25, -0.2) is 0 Å². The summed E-state index contributed by atoms with van der Waals surface area (Å²) in [4.78, 5) is 0. The van der Waals surface area contributed by atoms with E-state index in [-0.39, 0.29) is 6.53 Å². The molecule has 0 unspecified atom stereocenters. The second kappa shape index (κ2) is 6.74. The number of hydrogen-bond acceptors (Lipinski definition) is 0. The van der Waals surface area contributed by atoms with Gasteiger partial charge >= 0.3 is 0 Å². The van der Waals surface area contributed by atoms with Crippen molar-refractivity contribution in [2.75, 3.05) is 0 Å². The van der Waals surface area contributed by atoms with Crippen LogP contribution in [0.3, 0.4) is 0 Å². The lowest BCUT2D eigenvalue weighted by molar-refractivity contribution is 0.675. The largest absolute Gasteiger partial charge is 0.103 e. The molecule has 0 aliphatic carbocycles. The lowest BCUT2D eigenvalue weighted by atomic mass is 10.2. The Morgan fingerprint density at radius 1 is 1.50 bits per heavy atom. The van der Waals surface area contributed by atoms with Crippen LogP contribution >= 0.6 is 0 Å². The fourth-order valence-corrected chi connectivity index (χ4v) is 0.673. The molecule has 0 nitrogen and oxygen atoms in total. The number of hydrogen-bond donors (Lipinski definition) is 0. The van der Waals surface area contributed by atoms with E-state index in [4.69, 9.17) is 2.74 Å². The Balaban J connectivity index is 2.98. The Kier molecular flexibility index (Phi) is 3.88. The Morgan fingerprint density at radius 3 is 3.00 bits per heavy atom. The van der Waals surface area contributed by atoms with Gasteiger partial charge in [-0.2, -0.15) is 0 Å². The summed E-state index contributed by atoms with van der Waals surface area (Å²) in [5.74, 6) is 0. The first-order valence-corrected chi connectivity index (χ1v) is 3.40. The van der Waals surface area contributed by atoms with Crippen molar-refractivity contribution in [2.24, 2.45) is 0 Å². The molecule has 0 aliphatic heterocycles. The molecule has 0 amide bonds. The van der Waals surface area contributed by atoms with E-state index >= 15 is 0 Å². The van der Waals surface area contributed by atoms with Crippen molar-refractivity contribution in [1.82, 2.24) is 0 Å². The molecule has 0 aromatic rings. The molecule has 0 aromatic carbocycles. The maximum absolute atomic E-state index is 6.79. The van der Waals surface area contributed by atoms with Crippen molar-refractivity contribution >= 4 is 0 Å². The van der Waals surface area contributed by atoms with E-state index in [9.17, 15) is 0 Å². The normalized spacial score (nSPS) is 12.1. The van der Waals surface area contributed by atoms with Gasteiger partial charge in [0.05, 0.1) is 2.74 Å². The molecule has 0 saturated carbocycles. The second-order valence-corrected chi connectivity index (χ2v) is 2.05. The van der Waals surface area contributed by atoms with E-state index in [0.717, 1.165) is 12.8 Å². The van der Waals surface area contributed by atoms with Crippen molar-refractivity contribution in [2.45, 2.75) is 39.0 Å². The SMILES string of the molecule is [2H]C([2H])=CCCCCCC. The average molecular weight is 114 g/mol. The zero-order chi connectivity index (χ0) is 7.82. The van der Waals surface area contributed by atoms with Crippen LogP contribution in [0.2, 0.25) is 0 Å². The Morgan fingerprint density at radius 2 is 2.38 bits per heavy atom. The van der Waals surface area contributed by atoms with E-state index in [1.165, 1.54) is 19.3 Å². The number of unbranched alkanes of at least 4 members (excludes halogenated alkanes) is 4. The fraction of sp³-hybridized carbons (Fsp3) is 0.750. The summed E-state index contributed by atoms with van der Waals surface area (Å²) in [6.07, 6.45) is 7.46. The van der Waals surface area contributed by atoms with Gasteiger partial charge < -0.3 is 0 Å². The maximum Gasteiger partial charge on any atom is 0.0534 e. The molecular weight excluding hydrogens is 96.1 g/mol. The van der Waals surface area contributed by atoms with Gasteiger partial charge in [-0.15, -0.1) is 6.53 Å². The zero-order valence-corrected chi connectivity index (χ0v) is 5.61. The van der Waals surface area contributed by atoms with Gasteiger partial charge in [-0.05, 0) is 12.8 Å². The third-order valence-corrected chi connectivity index (χ3v) is 1.20. The molecule has 0 aromatic heterocycles. The van der Waals surface area contributed by atoms with Crippen LogP contribution in [-0.4, -0.2) is 0 Å². The molecule has 0 heteroatoms. The highest BCUT2D eigenvalue weighted by atomic mass is 13.9. The molecule has 8 heavy (non-hydrogen) atoms. The minimum atomic E-state index is -0.0449. The third-order valence-electron chi connectivity index (χ3n) is 1.20. The molecule has 0 rings (SSSR count). The van der Waals surface area contributed by atoms with E-state index in [0.29, 0.717) is 0 Å². The van der Waals surface area contributed by atoms with Gasteiger partial charge in [-0.3, -0.25) is 0 Å². The van der Waals surface area contributed by atoms with E-state index in [1.54, 1.807) is 6.08 Å². The first-order chi connectivity index (χ1) is 4.77. The van der Waals surface area contributed by atoms with Gasteiger partial charge in [0.25, 0.3) is 0 Å². The molecule has 0 fully saturated rings. The monoisotopic (exact) mass is 114 g/mol. The predicted molar refractivity (Wildman–Crippen MR) is 39.0 cm³/mol. The number of rotatable bonds is 5. The van der Waals surface area contributed by atoms with Crippen LogP contribution in [0, 0.1) is 0 Å². The van der Waals surface area contributed by atoms with Crippen LogP contribution in [0.5, 0.6) is 0 Å². The van der Waals surface area contributed by atoms with E-state index in [2.05, 4.69) is 6.92 Å². The zero-order valence-electron chi connectivity index (χ0n) is 7.61. The highest BCUT2D eigenvalue weighted by molar-refractivity contribution is 4.64. The van der Waals surface area contributed by atoms with Gasteiger partial charge in [-0.1, -0.05) is 32.3 Å². The Labute approximate surface area is 55.4 Å². The minimum Gasteiger partial charge on any atom is -0.103 e. The molecule has 0 aliphatic rings. The smallest absolute Gasteiger partial charge is 0.0534 e. The highest BCUT2D eigenvalue weighted by Gasteiger charge is 1.81. The maximum atomic E-state index is 6.79. The molecular formula is C8H16. The summed E-state index contributed by atoms with van der Waals surface area (Å²) in [6, 6.07) is 0. The highest BCUT2D eigenvalue weighted by Crippen LogP contribution is 2.01. The molecule has 0 N–H and O–H groups in total. The standard InChI is InChI=1S/C8H16/c1-3-5-7-8-6-4-2/h3H,1,4-8H2,2H3/i1D2. The summed E-state index contributed by atoms with van der Waals surface area (Å²) in [5.41, 5.74) is 0. The van der Waals surface area contributed by atoms with E-state index < -0.39 is 0 Å². The first-order valence-electron chi connectivity index (χ1n) is 4.40. The average Bonchev–Trinajstić information content (AvgIpc) is 1.87. The van der Waals surface area contributed by atoms with Gasteiger partial charge in [0.15, 0.2) is 0 Å². The van der Waals surface area contributed by atoms with Gasteiger partial charge in [0.1, 0.15) is 0 Å². The quantitative estimate of drug-likeness (QED) is 0.380. The van der Waals surface area contributed by atoms with Crippen LogP contribution in [0.25, 0.3) is 0 Å². The van der Waals surface area contributed by atoms with Crippen LogP contribution in [0.4, 0.5) is 0 Å². The summed E-state index contributed by atoms with van der Waals surface area (Å²) >= 11 is 0. The minimum absolute atomic E-state index is 0.0449. The fourth-order valence-electron chi connectivity index (χ4n) is 0.673. The molecule has 0 atom stereocenters. The Bertz CT molecular complexity index is 93.4. The number of allylic oxidation sites excluding steroid dienone is 1. The van der Waals surface area contributed by atoms with Crippen molar-refractivity contribution in [3.8, 4) is 0 Å². The van der Waals surface area contributed by atoms with Crippen LogP contribution in [0.15, 0.2) is 12.6 Å². The topological polar surface area (TPSA) is 0 Å². The van der Waals surface area contributed by atoms with Crippen molar-refractivity contribution in [3.63, 3.8) is 0 Å². The van der Waals surface area contributed by atoms with Crippen LogP contribution < -0.4 is 0 Å². The predicted octanol–water partition coefficient (Wildman–Crippen LogP) is 3.14. The van der Waals surface area contributed by atoms with E-state index in [1.807, 2.05) is 0 Å². The molecule has 0 heterocycles. The van der Waals surface area contributed by atoms with Crippen molar-refractivity contribution in [1.29, 1.82) is 0 Å². The van der Waals surface area contributed by atoms with Crippen molar-refractivity contribution in [3.05, 3.63) is 12.6 Å². The summed E-state index contributed by atoms with van der Waals surface area (Å²) < 4.78 is 13.6. The molecule has 48 valence electrons. The first kappa shape index (κ1) is 4.60. The lowest BCUT2D eigenvalue weighted by Gasteiger charge is -1.91. The second-order valence-electron chi connectivity index (χ2n) is 2.05. The van der Waals surface area contributed by atoms with Gasteiger partial charge in [0.2, 0.25) is 0 Å². The summed E-state index contributed by atoms with van der Waals surface area (Å²) in [6.45, 7) is 2.13. The van der Waals surface area contributed by atoms with Crippen molar-refractivity contribution < 1.29 is 2.74 Å². The van der Waals surface area contributed by atoms with Gasteiger partial charge in [0, 0.05) is 0 Å². The molecule has 0 spiro atoms. The summed E-state index contributed by atoms with van der Waals surface area (Å²) in [5, 5.41) is 0. The molecule has 0 bridgehead atoms. The Hall–Kier alpha value is -0.260. The lowest BCUT2D eigenvalue weighted by Crippen LogP contribution is -1.71. The molecule has 0 saturated heterocycles. The van der Waals surface area contributed by atoms with Crippen LogP contribution in [-0.2, 0) is 0 Å². The summed E-state index contributed by atoms with van der Waals surface area (Å²) in [7, 11) is 0. The third kappa shape index (κ3) is 5.74. The molecule has 0 radical (unpaired) electrons.